The third-order valence-corrected chi connectivity index (χ3v) is 5.56. The van der Waals surface area contributed by atoms with Gasteiger partial charge in [0.1, 0.15) is 0 Å². The third-order valence-electron chi connectivity index (χ3n) is 5.56. The molecule has 4 rings (SSSR count). The Morgan fingerprint density at radius 3 is 2.58 bits per heavy atom. The van der Waals surface area contributed by atoms with Gasteiger partial charge in [-0.25, -0.2) is 0 Å². The second-order valence-electron chi connectivity index (χ2n) is 6.87. The zero-order valence-electron chi connectivity index (χ0n) is 13.5. The van der Waals surface area contributed by atoms with Crippen LogP contribution < -0.4 is 0 Å². The van der Waals surface area contributed by atoms with Gasteiger partial charge in [0.25, 0.3) is 5.91 Å². The van der Waals surface area contributed by atoms with E-state index in [2.05, 4.69) is 11.2 Å². The monoisotopic (exact) mass is 320 g/mol. The summed E-state index contributed by atoms with van der Waals surface area (Å²) in [4.78, 5) is 15.1. The molecular weight excluding hydrogens is 300 g/mol. The van der Waals surface area contributed by atoms with E-state index in [0.29, 0.717) is 0 Å². The molecule has 2 heterocycles. The van der Waals surface area contributed by atoms with Gasteiger partial charge in [0.15, 0.2) is 6.04 Å². The second kappa shape index (κ2) is 5.79. The van der Waals surface area contributed by atoms with Crippen LogP contribution >= 0.6 is 0 Å². The van der Waals surface area contributed by atoms with E-state index in [1.54, 1.807) is 10.9 Å². The lowest BCUT2D eigenvalue weighted by Gasteiger charge is -2.34. The van der Waals surface area contributed by atoms with E-state index in [4.69, 9.17) is 5.26 Å². The average Bonchev–Trinajstić information content (AvgIpc) is 3.04. The first-order chi connectivity index (χ1) is 11.7. The predicted molar refractivity (Wildman–Crippen MR) is 88.8 cm³/mol. The van der Waals surface area contributed by atoms with Gasteiger partial charge in [0.2, 0.25) is 0 Å². The van der Waals surface area contributed by atoms with Crippen LogP contribution in [0.25, 0.3) is 0 Å². The summed E-state index contributed by atoms with van der Waals surface area (Å²) >= 11 is 0. The Morgan fingerprint density at radius 2 is 2.00 bits per heavy atom. The number of rotatable bonds is 3. The lowest BCUT2D eigenvalue weighted by Crippen LogP contribution is -2.43. The maximum absolute atomic E-state index is 13.2. The molecule has 24 heavy (non-hydrogen) atoms. The van der Waals surface area contributed by atoms with Crippen LogP contribution in [0.4, 0.5) is 0 Å². The van der Waals surface area contributed by atoms with Gasteiger partial charge in [0.05, 0.1) is 12.0 Å². The maximum atomic E-state index is 13.2. The molecular formula is C19H20N4O. The van der Waals surface area contributed by atoms with Crippen molar-refractivity contribution in [3.63, 3.8) is 0 Å². The van der Waals surface area contributed by atoms with Crippen molar-refractivity contribution in [1.29, 1.82) is 5.26 Å². The van der Waals surface area contributed by atoms with Crippen molar-refractivity contribution < 1.29 is 4.79 Å². The summed E-state index contributed by atoms with van der Waals surface area (Å²) in [6, 6.07) is 13.6. The Balaban J connectivity index is 1.54. The Kier molecular flexibility index (Phi) is 3.61. The Labute approximate surface area is 141 Å². The van der Waals surface area contributed by atoms with E-state index in [-0.39, 0.29) is 17.2 Å². The first-order valence-corrected chi connectivity index (χ1v) is 8.46. The van der Waals surface area contributed by atoms with E-state index in [1.807, 2.05) is 47.5 Å². The number of carbonyl (C=O) groups is 1. The smallest absolute Gasteiger partial charge is 0.252 e. The molecule has 1 aromatic heterocycles. The Hall–Kier alpha value is -2.61. The van der Waals surface area contributed by atoms with Crippen molar-refractivity contribution in [1.82, 2.24) is 14.7 Å². The summed E-state index contributed by atoms with van der Waals surface area (Å²) < 4.78 is 1.73. The van der Waals surface area contributed by atoms with Crippen molar-refractivity contribution in [2.75, 3.05) is 13.1 Å². The van der Waals surface area contributed by atoms with Crippen molar-refractivity contribution in [2.24, 2.45) is 11.3 Å². The zero-order valence-corrected chi connectivity index (χ0v) is 13.5. The van der Waals surface area contributed by atoms with Crippen LogP contribution in [0.2, 0.25) is 0 Å². The minimum Gasteiger partial charge on any atom is -0.340 e. The first kappa shape index (κ1) is 14.9. The normalized spacial score (nSPS) is 22.8. The SMILES string of the molecule is N#CC1CC12CCN(C(=O)C(c1ccccc1)n1cccn1)CC2. The lowest BCUT2D eigenvalue weighted by molar-refractivity contribution is -0.135. The van der Waals surface area contributed by atoms with Gasteiger partial charge in [-0.3, -0.25) is 9.48 Å². The molecule has 0 bridgehead atoms. The van der Waals surface area contributed by atoms with Crippen LogP contribution in [0.15, 0.2) is 48.8 Å². The highest BCUT2D eigenvalue weighted by atomic mass is 16.2. The molecule has 0 radical (unpaired) electrons. The van der Waals surface area contributed by atoms with E-state index in [1.165, 1.54) is 0 Å². The van der Waals surface area contributed by atoms with Crippen molar-refractivity contribution in [3.05, 3.63) is 54.4 Å². The molecule has 5 nitrogen and oxygen atoms in total. The molecule has 1 saturated carbocycles. The van der Waals surface area contributed by atoms with Gasteiger partial charge in [-0.1, -0.05) is 30.3 Å². The summed E-state index contributed by atoms with van der Waals surface area (Å²) in [5.41, 5.74) is 1.15. The molecule has 2 atom stereocenters. The minimum atomic E-state index is -0.416. The van der Waals surface area contributed by atoms with Gasteiger partial charge in [0, 0.05) is 25.5 Å². The molecule has 1 aliphatic carbocycles. The standard InChI is InChI=1S/C19H20N4O/c20-14-16-13-19(16)7-11-22(12-8-19)18(24)17(23-10-4-9-21-23)15-5-2-1-3-6-15/h1-6,9-10,16-17H,7-8,11-13H2. The largest absolute Gasteiger partial charge is 0.340 e. The van der Waals surface area contributed by atoms with Gasteiger partial charge < -0.3 is 4.90 Å². The molecule has 5 heteroatoms. The predicted octanol–water partition coefficient (Wildman–Crippen LogP) is 2.62. The second-order valence-corrected chi connectivity index (χ2v) is 6.87. The van der Waals surface area contributed by atoms with Crippen molar-refractivity contribution >= 4 is 5.91 Å². The molecule has 2 unspecified atom stereocenters. The number of piperidine rings is 1. The van der Waals surface area contributed by atoms with Crippen LogP contribution in [0, 0.1) is 22.7 Å². The maximum Gasteiger partial charge on any atom is 0.252 e. The zero-order chi connectivity index (χ0) is 16.6. The van der Waals surface area contributed by atoms with Crippen molar-refractivity contribution in [2.45, 2.75) is 25.3 Å². The van der Waals surface area contributed by atoms with Crippen LogP contribution in [0.5, 0.6) is 0 Å². The molecule has 2 aromatic rings. The fourth-order valence-corrected chi connectivity index (χ4v) is 3.91. The fourth-order valence-electron chi connectivity index (χ4n) is 3.91. The molecule has 122 valence electrons. The molecule has 2 fully saturated rings. The van der Waals surface area contributed by atoms with E-state index in [9.17, 15) is 4.79 Å². The van der Waals surface area contributed by atoms with Crippen LogP contribution in [-0.2, 0) is 4.79 Å². The van der Waals surface area contributed by atoms with Crippen LogP contribution in [-0.4, -0.2) is 33.7 Å². The molecule has 1 aromatic carbocycles. The Morgan fingerprint density at radius 1 is 1.25 bits per heavy atom. The van der Waals surface area contributed by atoms with Gasteiger partial charge in [-0.15, -0.1) is 0 Å². The van der Waals surface area contributed by atoms with Crippen LogP contribution in [0.1, 0.15) is 30.9 Å². The number of likely N-dealkylation sites (tertiary alicyclic amines) is 1. The number of aromatic nitrogens is 2. The Bertz CT molecular complexity index is 754. The highest BCUT2D eigenvalue weighted by Crippen LogP contribution is 2.59. The topological polar surface area (TPSA) is 61.9 Å². The average molecular weight is 320 g/mol. The number of benzene rings is 1. The van der Waals surface area contributed by atoms with Gasteiger partial charge in [-0.05, 0) is 36.3 Å². The number of nitrogens with zero attached hydrogens (tertiary/aromatic N) is 4. The van der Waals surface area contributed by atoms with E-state index in [0.717, 1.165) is 37.9 Å². The summed E-state index contributed by atoms with van der Waals surface area (Å²) in [7, 11) is 0. The number of amides is 1. The van der Waals surface area contributed by atoms with Gasteiger partial charge in [-0.2, -0.15) is 10.4 Å². The quantitative estimate of drug-likeness (QED) is 0.873. The summed E-state index contributed by atoms with van der Waals surface area (Å²) in [5.74, 6) is 0.291. The minimum absolute atomic E-state index is 0.0916. The molecule has 1 aliphatic heterocycles. The molecule has 1 amide bonds. The van der Waals surface area contributed by atoms with Crippen LogP contribution in [0.3, 0.4) is 0 Å². The van der Waals surface area contributed by atoms with Crippen molar-refractivity contribution in [3.8, 4) is 6.07 Å². The summed E-state index contributed by atoms with van der Waals surface area (Å²) in [5, 5.41) is 13.4. The number of hydrogen-bond donors (Lipinski definition) is 0. The third kappa shape index (κ3) is 2.48. The highest BCUT2D eigenvalue weighted by molar-refractivity contribution is 5.83. The van der Waals surface area contributed by atoms with E-state index >= 15 is 0 Å². The molecule has 1 saturated heterocycles. The molecule has 0 N–H and O–H groups in total. The summed E-state index contributed by atoms with van der Waals surface area (Å²) in [6.07, 6.45) is 6.44. The van der Waals surface area contributed by atoms with E-state index < -0.39 is 6.04 Å². The fraction of sp³-hybridized carbons (Fsp3) is 0.421. The molecule has 2 aliphatic rings. The molecule has 1 spiro atoms. The number of hydrogen-bond acceptors (Lipinski definition) is 3. The highest BCUT2D eigenvalue weighted by Gasteiger charge is 2.55. The number of carbonyl (C=O) groups excluding carboxylic acids is 1. The number of nitriles is 1. The van der Waals surface area contributed by atoms with Gasteiger partial charge >= 0.3 is 0 Å². The summed E-state index contributed by atoms with van der Waals surface area (Å²) in [6.45, 7) is 1.48. The first-order valence-electron chi connectivity index (χ1n) is 8.46. The lowest BCUT2D eigenvalue weighted by atomic mass is 9.90.